The van der Waals surface area contributed by atoms with E-state index in [9.17, 15) is 14.4 Å². The molecule has 5 nitrogen and oxygen atoms in total. The zero-order valence-electron chi connectivity index (χ0n) is 12.0. The van der Waals surface area contributed by atoms with Crippen LogP contribution in [0.15, 0.2) is 24.3 Å². The molecule has 5 heteroatoms. The van der Waals surface area contributed by atoms with E-state index < -0.39 is 11.9 Å². The van der Waals surface area contributed by atoms with Gasteiger partial charge in [-0.15, -0.1) is 0 Å². The fourth-order valence-corrected chi connectivity index (χ4v) is 1.89. The summed E-state index contributed by atoms with van der Waals surface area (Å²) in [6, 6.07) is 6.52. The third kappa shape index (κ3) is 3.91. The molecule has 1 saturated heterocycles. The Hall–Kier alpha value is -2.17. The van der Waals surface area contributed by atoms with Gasteiger partial charge in [0.25, 0.3) is 5.91 Å². The largest absolute Gasteiger partial charge is 0.340 e. The summed E-state index contributed by atoms with van der Waals surface area (Å²) in [6.45, 7) is 5.83. The van der Waals surface area contributed by atoms with Gasteiger partial charge in [-0.3, -0.25) is 19.7 Å². The Kier molecular flexibility index (Phi) is 5.90. The molecule has 1 unspecified atom stereocenters. The highest BCUT2D eigenvalue weighted by molar-refractivity contribution is 6.04. The molecular formula is C15H20N2O3. The van der Waals surface area contributed by atoms with Crippen molar-refractivity contribution in [3.05, 3.63) is 35.4 Å². The lowest BCUT2D eigenvalue weighted by atomic mass is 10.0. The zero-order chi connectivity index (χ0) is 15.1. The summed E-state index contributed by atoms with van der Waals surface area (Å²) >= 11 is 0. The second-order valence-electron chi connectivity index (χ2n) is 4.29. The Morgan fingerprint density at radius 2 is 1.90 bits per heavy atom. The molecule has 2 N–H and O–H groups in total. The van der Waals surface area contributed by atoms with Crippen LogP contribution in [0.4, 0.5) is 0 Å². The summed E-state index contributed by atoms with van der Waals surface area (Å²) in [7, 11) is 0. The first-order chi connectivity index (χ1) is 9.58. The fraction of sp³-hybridized carbons (Fsp3) is 0.400. The van der Waals surface area contributed by atoms with Crippen LogP contribution >= 0.6 is 0 Å². The van der Waals surface area contributed by atoms with Crippen LogP contribution in [0.1, 0.15) is 42.6 Å². The number of carbonyl (C=O) groups excluding carboxylic acids is 3. The zero-order valence-corrected chi connectivity index (χ0v) is 12.0. The Bertz CT molecular complexity index is 512. The minimum atomic E-state index is -0.630. The monoisotopic (exact) mass is 276 g/mol. The number of aryl methyl sites for hydroxylation is 1. The average molecular weight is 276 g/mol. The van der Waals surface area contributed by atoms with Crippen LogP contribution in [-0.4, -0.2) is 23.8 Å². The molecule has 0 saturated carbocycles. The van der Waals surface area contributed by atoms with Crippen LogP contribution in [0.2, 0.25) is 0 Å². The topological polar surface area (TPSA) is 75.3 Å². The lowest BCUT2D eigenvalue weighted by molar-refractivity contribution is -0.134. The minimum absolute atomic E-state index is 0.254. The average Bonchev–Trinajstić information content (AvgIpc) is 2.44. The number of carbonyl (C=O) groups is 3. The lowest BCUT2D eigenvalue weighted by Crippen LogP contribution is -2.52. The normalized spacial score (nSPS) is 17.6. The van der Waals surface area contributed by atoms with Crippen LogP contribution in [0.3, 0.4) is 0 Å². The molecule has 1 heterocycles. The Labute approximate surface area is 118 Å². The van der Waals surface area contributed by atoms with Crippen molar-refractivity contribution in [1.29, 1.82) is 0 Å². The van der Waals surface area contributed by atoms with E-state index in [4.69, 9.17) is 0 Å². The van der Waals surface area contributed by atoms with E-state index >= 15 is 0 Å². The van der Waals surface area contributed by atoms with E-state index in [0.717, 1.165) is 5.56 Å². The standard InChI is InChI=1S/C13H14N2O3.C2H6/c1-8-4-2-3-5-9(8)12(17)14-10-6-7-11(16)15-13(10)18;1-2/h2-5,10H,6-7H2,1H3,(H,14,17)(H,15,16,18);1-2H3. The lowest BCUT2D eigenvalue weighted by Gasteiger charge is -2.22. The van der Waals surface area contributed by atoms with Gasteiger partial charge in [0.2, 0.25) is 11.8 Å². The highest BCUT2D eigenvalue weighted by atomic mass is 16.2. The number of benzene rings is 1. The van der Waals surface area contributed by atoms with Crippen molar-refractivity contribution >= 4 is 17.7 Å². The Morgan fingerprint density at radius 1 is 1.25 bits per heavy atom. The van der Waals surface area contributed by atoms with Gasteiger partial charge in [0, 0.05) is 12.0 Å². The van der Waals surface area contributed by atoms with Crippen molar-refractivity contribution < 1.29 is 14.4 Å². The number of imide groups is 1. The first-order valence-electron chi connectivity index (χ1n) is 6.78. The number of amides is 3. The van der Waals surface area contributed by atoms with Crippen molar-refractivity contribution in [3.63, 3.8) is 0 Å². The molecule has 0 spiro atoms. The van der Waals surface area contributed by atoms with Gasteiger partial charge in [-0.2, -0.15) is 0 Å². The van der Waals surface area contributed by atoms with Gasteiger partial charge in [0.15, 0.2) is 0 Å². The van der Waals surface area contributed by atoms with Crippen LogP contribution in [-0.2, 0) is 9.59 Å². The van der Waals surface area contributed by atoms with Crippen molar-refractivity contribution in [2.45, 2.75) is 39.7 Å². The second-order valence-corrected chi connectivity index (χ2v) is 4.29. The molecule has 1 atom stereocenters. The number of piperidine rings is 1. The van der Waals surface area contributed by atoms with E-state index in [1.54, 1.807) is 12.1 Å². The summed E-state index contributed by atoms with van der Waals surface area (Å²) in [5, 5.41) is 4.85. The Balaban J connectivity index is 0.000000956. The van der Waals surface area contributed by atoms with Crippen molar-refractivity contribution in [2.24, 2.45) is 0 Å². The maximum Gasteiger partial charge on any atom is 0.252 e. The van der Waals surface area contributed by atoms with Gasteiger partial charge in [0.1, 0.15) is 6.04 Å². The van der Waals surface area contributed by atoms with Gasteiger partial charge < -0.3 is 5.32 Å². The molecule has 0 aliphatic carbocycles. The highest BCUT2D eigenvalue weighted by Crippen LogP contribution is 2.09. The van der Waals surface area contributed by atoms with Gasteiger partial charge >= 0.3 is 0 Å². The molecule has 1 aliphatic rings. The summed E-state index contributed by atoms with van der Waals surface area (Å²) in [4.78, 5) is 34.5. The predicted molar refractivity (Wildman–Crippen MR) is 76.2 cm³/mol. The SMILES string of the molecule is CC.Cc1ccccc1C(=O)NC1CCC(=O)NC1=O. The summed E-state index contributed by atoms with van der Waals surface area (Å²) in [6.07, 6.45) is 0.604. The molecule has 20 heavy (non-hydrogen) atoms. The molecule has 1 fully saturated rings. The van der Waals surface area contributed by atoms with Gasteiger partial charge in [0.05, 0.1) is 0 Å². The van der Waals surface area contributed by atoms with E-state index in [1.165, 1.54) is 0 Å². The molecule has 0 bridgehead atoms. The maximum atomic E-state index is 12.0. The first kappa shape index (κ1) is 15.9. The van der Waals surface area contributed by atoms with Crippen molar-refractivity contribution in [2.75, 3.05) is 0 Å². The number of hydrogen-bond acceptors (Lipinski definition) is 3. The number of nitrogens with one attached hydrogen (secondary N) is 2. The third-order valence-corrected chi connectivity index (χ3v) is 2.93. The molecule has 1 aromatic carbocycles. The van der Waals surface area contributed by atoms with Crippen molar-refractivity contribution in [3.8, 4) is 0 Å². The molecule has 0 aromatic heterocycles. The number of rotatable bonds is 2. The van der Waals surface area contributed by atoms with Gasteiger partial charge in [-0.1, -0.05) is 32.0 Å². The van der Waals surface area contributed by atoms with Crippen LogP contribution in [0, 0.1) is 6.92 Å². The first-order valence-corrected chi connectivity index (χ1v) is 6.78. The molecule has 3 amide bonds. The Morgan fingerprint density at radius 3 is 2.50 bits per heavy atom. The molecule has 108 valence electrons. The predicted octanol–water partition coefficient (Wildman–Crippen LogP) is 1.56. The summed E-state index contributed by atoms with van der Waals surface area (Å²) in [5.41, 5.74) is 1.39. The maximum absolute atomic E-state index is 12.0. The van der Waals surface area contributed by atoms with E-state index in [2.05, 4.69) is 10.6 Å². The fourth-order valence-electron chi connectivity index (χ4n) is 1.89. The molecule has 1 aliphatic heterocycles. The molecule has 0 radical (unpaired) electrons. The van der Waals surface area contributed by atoms with Crippen LogP contribution in [0.25, 0.3) is 0 Å². The number of hydrogen-bond donors (Lipinski definition) is 2. The van der Waals surface area contributed by atoms with E-state index in [-0.39, 0.29) is 18.2 Å². The van der Waals surface area contributed by atoms with E-state index in [1.807, 2.05) is 32.9 Å². The van der Waals surface area contributed by atoms with Crippen molar-refractivity contribution in [1.82, 2.24) is 10.6 Å². The second kappa shape index (κ2) is 7.43. The quantitative estimate of drug-likeness (QED) is 0.805. The molecule has 2 rings (SSSR count). The van der Waals surface area contributed by atoms with Crippen LogP contribution in [0.5, 0.6) is 0 Å². The third-order valence-electron chi connectivity index (χ3n) is 2.93. The highest BCUT2D eigenvalue weighted by Gasteiger charge is 2.28. The smallest absolute Gasteiger partial charge is 0.252 e. The molecular weight excluding hydrogens is 256 g/mol. The molecule has 1 aromatic rings. The van der Waals surface area contributed by atoms with Crippen LogP contribution < -0.4 is 10.6 Å². The minimum Gasteiger partial charge on any atom is -0.340 e. The summed E-state index contributed by atoms with van der Waals surface area (Å²) < 4.78 is 0. The van der Waals surface area contributed by atoms with Gasteiger partial charge in [-0.05, 0) is 25.0 Å². The van der Waals surface area contributed by atoms with Gasteiger partial charge in [-0.25, -0.2) is 0 Å². The van der Waals surface area contributed by atoms with E-state index in [0.29, 0.717) is 12.0 Å². The summed E-state index contributed by atoms with van der Waals surface area (Å²) in [5.74, 6) is -1.02.